The van der Waals surface area contributed by atoms with Gasteiger partial charge in [-0.15, -0.1) is 0 Å². The molecule has 0 atom stereocenters. The molecule has 0 unspecified atom stereocenters. The zero-order chi connectivity index (χ0) is 12.7. The van der Waals surface area contributed by atoms with Crippen LogP contribution in [0, 0.1) is 0 Å². The van der Waals surface area contributed by atoms with Crippen LogP contribution in [0.1, 0.15) is 5.56 Å². The minimum absolute atomic E-state index is 0.636. The van der Waals surface area contributed by atoms with Crippen molar-refractivity contribution in [3.05, 3.63) is 42.0 Å². The molecule has 0 saturated carbocycles. The predicted molar refractivity (Wildman–Crippen MR) is 65.4 cm³/mol. The third-order valence-corrected chi connectivity index (χ3v) is 2.05. The molecular formula is C13H14O4. The highest BCUT2D eigenvalue weighted by molar-refractivity contribution is 5.80. The van der Waals surface area contributed by atoms with Crippen molar-refractivity contribution >= 4 is 12.0 Å². The first-order chi connectivity index (χ1) is 8.17. The van der Waals surface area contributed by atoms with Gasteiger partial charge in [0.15, 0.2) is 11.5 Å². The smallest absolute Gasteiger partial charge is 0.328 e. The van der Waals surface area contributed by atoms with Crippen molar-refractivity contribution in [1.29, 1.82) is 0 Å². The molecular weight excluding hydrogens is 220 g/mol. The van der Waals surface area contributed by atoms with Crippen molar-refractivity contribution in [2.75, 3.05) is 14.2 Å². The van der Waals surface area contributed by atoms with E-state index in [0.717, 1.165) is 11.6 Å². The van der Waals surface area contributed by atoms with E-state index in [1.807, 2.05) is 12.1 Å². The van der Waals surface area contributed by atoms with Crippen molar-refractivity contribution in [1.82, 2.24) is 0 Å². The third kappa shape index (κ3) is 4.03. The van der Waals surface area contributed by atoms with Crippen LogP contribution in [-0.2, 0) is 4.79 Å². The molecule has 0 aliphatic heterocycles. The van der Waals surface area contributed by atoms with Crippen molar-refractivity contribution in [2.45, 2.75) is 0 Å². The molecule has 17 heavy (non-hydrogen) atoms. The first-order valence-corrected chi connectivity index (χ1v) is 4.97. The lowest BCUT2D eigenvalue weighted by atomic mass is 10.2. The molecule has 0 spiro atoms. The zero-order valence-electron chi connectivity index (χ0n) is 9.71. The van der Waals surface area contributed by atoms with Gasteiger partial charge in [0.25, 0.3) is 0 Å². The van der Waals surface area contributed by atoms with E-state index in [1.54, 1.807) is 32.4 Å². The number of rotatable bonds is 5. The summed E-state index contributed by atoms with van der Waals surface area (Å²) in [6.07, 6.45) is 5.95. The van der Waals surface area contributed by atoms with Crippen molar-refractivity contribution in [2.24, 2.45) is 0 Å². The quantitative estimate of drug-likeness (QED) is 0.627. The second-order valence-electron chi connectivity index (χ2n) is 3.17. The number of methoxy groups -OCH3 is 2. The number of carboxylic acids is 1. The molecule has 0 heterocycles. The number of benzene rings is 1. The number of hydrogen-bond donors (Lipinski definition) is 1. The monoisotopic (exact) mass is 234 g/mol. The highest BCUT2D eigenvalue weighted by Gasteiger charge is 2.01. The zero-order valence-corrected chi connectivity index (χ0v) is 9.71. The molecule has 0 radical (unpaired) electrons. The lowest BCUT2D eigenvalue weighted by molar-refractivity contribution is -0.131. The van der Waals surface area contributed by atoms with Crippen LogP contribution in [0.4, 0.5) is 0 Å². The average molecular weight is 234 g/mol. The van der Waals surface area contributed by atoms with Gasteiger partial charge in [0.1, 0.15) is 0 Å². The van der Waals surface area contributed by atoms with Gasteiger partial charge in [0.05, 0.1) is 14.2 Å². The standard InChI is InChI=1S/C13H14O4/c1-16-11-8-7-10(9-12(11)17-2)5-3-4-6-13(14)15/h3-9H,1-2H3,(H,14,15). The molecule has 1 rings (SSSR count). The van der Waals surface area contributed by atoms with E-state index in [-0.39, 0.29) is 0 Å². The molecule has 0 bridgehead atoms. The van der Waals surface area contributed by atoms with Gasteiger partial charge in [-0.05, 0) is 17.7 Å². The lowest BCUT2D eigenvalue weighted by Gasteiger charge is -2.07. The van der Waals surface area contributed by atoms with E-state index in [2.05, 4.69) is 0 Å². The summed E-state index contributed by atoms with van der Waals surface area (Å²) in [6, 6.07) is 5.45. The Labute approximate surface area is 99.8 Å². The summed E-state index contributed by atoms with van der Waals surface area (Å²) < 4.78 is 10.3. The van der Waals surface area contributed by atoms with Gasteiger partial charge in [-0.25, -0.2) is 4.79 Å². The van der Waals surface area contributed by atoms with E-state index in [4.69, 9.17) is 14.6 Å². The Balaban J connectivity index is 2.82. The van der Waals surface area contributed by atoms with Crippen molar-refractivity contribution in [3.8, 4) is 11.5 Å². The molecule has 0 saturated heterocycles. The maximum atomic E-state index is 10.2. The minimum atomic E-state index is -0.970. The van der Waals surface area contributed by atoms with Gasteiger partial charge in [-0.2, -0.15) is 0 Å². The molecule has 4 heteroatoms. The van der Waals surface area contributed by atoms with Gasteiger partial charge >= 0.3 is 5.97 Å². The summed E-state index contributed by atoms with van der Waals surface area (Å²) in [5.74, 6) is 0.324. The topological polar surface area (TPSA) is 55.8 Å². The van der Waals surface area contributed by atoms with E-state index in [0.29, 0.717) is 11.5 Å². The summed E-state index contributed by atoms with van der Waals surface area (Å²) >= 11 is 0. The second-order valence-corrected chi connectivity index (χ2v) is 3.17. The fourth-order valence-electron chi connectivity index (χ4n) is 1.26. The van der Waals surface area contributed by atoms with Crippen LogP contribution in [0.3, 0.4) is 0 Å². The molecule has 0 aromatic heterocycles. The van der Waals surface area contributed by atoms with Crippen LogP contribution >= 0.6 is 0 Å². The first-order valence-electron chi connectivity index (χ1n) is 4.97. The van der Waals surface area contributed by atoms with Crippen molar-refractivity contribution < 1.29 is 19.4 Å². The van der Waals surface area contributed by atoms with Crippen molar-refractivity contribution in [3.63, 3.8) is 0 Å². The summed E-state index contributed by atoms with van der Waals surface area (Å²) in [6.45, 7) is 0. The number of hydrogen-bond acceptors (Lipinski definition) is 3. The SMILES string of the molecule is COc1ccc(C=CC=CC(=O)O)cc1OC. The van der Waals surface area contributed by atoms with Gasteiger partial charge in [-0.3, -0.25) is 0 Å². The fourth-order valence-corrected chi connectivity index (χ4v) is 1.26. The molecule has 90 valence electrons. The molecule has 0 aliphatic carbocycles. The predicted octanol–water partition coefficient (Wildman–Crippen LogP) is 2.36. The van der Waals surface area contributed by atoms with Crippen LogP contribution in [0.2, 0.25) is 0 Å². The van der Waals surface area contributed by atoms with Crippen LogP contribution in [0.5, 0.6) is 11.5 Å². The number of carboxylic acid groups (broad SMARTS) is 1. The van der Waals surface area contributed by atoms with Gasteiger partial charge in [0.2, 0.25) is 0 Å². The summed E-state index contributed by atoms with van der Waals surface area (Å²) in [4.78, 5) is 10.2. The van der Waals surface area contributed by atoms with Gasteiger partial charge in [0, 0.05) is 6.08 Å². The molecule has 0 fully saturated rings. The average Bonchev–Trinajstić information content (AvgIpc) is 2.34. The third-order valence-electron chi connectivity index (χ3n) is 2.05. The first kappa shape index (κ1) is 12.8. The highest BCUT2D eigenvalue weighted by Crippen LogP contribution is 2.27. The maximum Gasteiger partial charge on any atom is 0.328 e. The Kier molecular flexibility index (Phi) is 4.81. The van der Waals surface area contributed by atoms with E-state index in [9.17, 15) is 4.79 Å². The Morgan fingerprint density at radius 1 is 1.18 bits per heavy atom. The van der Waals surface area contributed by atoms with E-state index >= 15 is 0 Å². The molecule has 1 N–H and O–H groups in total. The van der Waals surface area contributed by atoms with E-state index in [1.165, 1.54) is 6.08 Å². The summed E-state index contributed by atoms with van der Waals surface area (Å²) in [5.41, 5.74) is 0.901. The van der Waals surface area contributed by atoms with Gasteiger partial charge < -0.3 is 14.6 Å². The molecule has 1 aromatic carbocycles. The Hall–Kier alpha value is -2.23. The number of ether oxygens (including phenoxy) is 2. The highest BCUT2D eigenvalue weighted by atomic mass is 16.5. The van der Waals surface area contributed by atoms with Crippen LogP contribution in [0.25, 0.3) is 6.08 Å². The number of allylic oxidation sites excluding steroid dienone is 2. The Morgan fingerprint density at radius 3 is 2.47 bits per heavy atom. The fraction of sp³-hybridized carbons (Fsp3) is 0.154. The lowest BCUT2D eigenvalue weighted by Crippen LogP contribution is -1.90. The summed E-state index contributed by atoms with van der Waals surface area (Å²) in [7, 11) is 3.14. The molecule has 1 aromatic rings. The van der Waals surface area contributed by atoms with Crippen LogP contribution in [-0.4, -0.2) is 25.3 Å². The Bertz CT molecular complexity index is 447. The number of carbonyl (C=O) groups is 1. The molecule has 0 aliphatic rings. The molecule has 0 amide bonds. The van der Waals surface area contributed by atoms with Crippen LogP contribution in [0.15, 0.2) is 36.4 Å². The normalized spacial score (nSPS) is 10.9. The second kappa shape index (κ2) is 6.37. The summed E-state index contributed by atoms with van der Waals surface area (Å²) in [5, 5.41) is 8.40. The van der Waals surface area contributed by atoms with Crippen LogP contribution < -0.4 is 9.47 Å². The molecule has 4 nitrogen and oxygen atoms in total. The van der Waals surface area contributed by atoms with Gasteiger partial charge in [-0.1, -0.05) is 24.3 Å². The Morgan fingerprint density at radius 2 is 1.88 bits per heavy atom. The van der Waals surface area contributed by atoms with E-state index < -0.39 is 5.97 Å². The number of aliphatic carboxylic acids is 1. The largest absolute Gasteiger partial charge is 0.493 e. The maximum absolute atomic E-state index is 10.2. The minimum Gasteiger partial charge on any atom is -0.493 e.